The molecule has 0 unspecified atom stereocenters. The summed E-state index contributed by atoms with van der Waals surface area (Å²) in [4.78, 5) is 0. The predicted molar refractivity (Wildman–Crippen MR) is 41.9 cm³/mol. The van der Waals surface area contributed by atoms with Gasteiger partial charge in [0.15, 0.2) is 11.5 Å². The summed E-state index contributed by atoms with van der Waals surface area (Å²) in [5.41, 5.74) is 1.20. The molecular formula is C9H10O2. The molecule has 0 saturated heterocycles. The maximum atomic E-state index is 5.37. The number of rotatable bonds is 0. The van der Waals surface area contributed by atoms with Crippen molar-refractivity contribution >= 4 is 0 Å². The van der Waals surface area contributed by atoms with Crippen molar-refractivity contribution in [3.8, 4) is 11.5 Å². The Kier molecular flexibility index (Phi) is 1.28. The summed E-state index contributed by atoms with van der Waals surface area (Å²) < 4.78 is 10.7. The normalized spacial score (nSPS) is 20.4. The second-order valence-electron chi connectivity index (χ2n) is 2.75. The second kappa shape index (κ2) is 2.16. The first-order valence-electron chi connectivity index (χ1n) is 3.70. The van der Waals surface area contributed by atoms with Gasteiger partial charge in [0.2, 0.25) is 6.29 Å². The molecule has 58 valence electrons. The van der Waals surface area contributed by atoms with Gasteiger partial charge < -0.3 is 9.47 Å². The number of benzene rings is 1. The molecule has 0 amide bonds. The molecule has 1 aliphatic rings. The largest absolute Gasteiger partial charge is 0.451 e. The molecule has 0 N–H and O–H groups in total. The first-order valence-corrected chi connectivity index (χ1v) is 3.70. The highest BCUT2D eigenvalue weighted by molar-refractivity contribution is 5.44. The van der Waals surface area contributed by atoms with E-state index in [1.807, 2.05) is 32.0 Å². The van der Waals surface area contributed by atoms with Crippen molar-refractivity contribution in [3.63, 3.8) is 0 Å². The van der Waals surface area contributed by atoms with E-state index in [2.05, 4.69) is 0 Å². The van der Waals surface area contributed by atoms with Crippen LogP contribution in [0, 0.1) is 6.92 Å². The van der Waals surface area contributed by atoms with Gasteiger partial charge in [0, 0.05) is 6.92 Å². The third kappa shape index (κ3) is 1.04. The molecule has 0 radical (unpaired) electrons. The van der Waals surface area contributed by atoms with Crippen LogP contribution in [0.4, 0.5) is 0 Å². The number of ether oxygens (including phenoxy) is 2. The van der Waals surface area contributed by atoms with Crippen LogP contribution in [-0.4, -0.2) is 6.29 Å². The molecule has 0 spiro atoms. The summed E-state index contributed by atoms with van der Waals surface area (Å²) in [5.74, 6) is 1.71. The Morgan fingerprint density at radius 2 is 1.91 bits per heavy atom. The third-order valence-corrected chi connectivity index (χ3v) is 1.69. The molecule has 2 rings (SSSR count). The molecule has 2 heteroatoms. The van der Waals surface area contributed by atoms with Crippen molar-refractivity contribution in [2.24, 2.45) is 0 Å². The van der Waals surface area contributed by atoms with Crippen LogP contribution in [0.15, 0.2) is 18.2 Å². The van der Waals surface area contributed by atoms with Crippen LogP contribution in [0.5, 0.6) is 11.5 Å². The summed E-state index contributed by atoms with van der Waals surface area (Å²) in [5, 5.41) is 0. The first-order chi connectivity index (χ1) is 5.25. The van der Waals surface area contributed by atoms with E-state index >= 15 is 0 Å². The second-order valence-corrected chi connectivity index (χ2v) is 2.75. The molecule has 0 saturated carbocycles. The zero-order valence-corrected chi connectivity index (χ0v) is 6.63. The summed E-state index contributed by atoms with van der Waals surface area (Å²) >= 11 is 0. The molecule has 1 heterocycles. The van der Waals surface area contributed by atoms with E-state index in [1.165, 1.54) is 5.56 Å². The van der Waals surface area contributed by atoms with Crippen LogP contribution >= 0.6 is 0 Å². The standard InChI is InChI=1S/C9H10O2/c1-6-3-4-8-9(5-6)11-7(2)10-8/h3-5,7H,1-2H3/t7-/m1/s1. The number of hydrogen-bond acceptors (Lipinski definition) is 2. The smallest absolute Gasteiger partial charge is 0.238 e. The zero-order chi connectivity index (χ0) is 7.84. The highest BCUT2D eigenvalue weighted by Gasteiger charge is 2.18. The Morgan fingerprint density at radius 1 is 1.18 bits per heavy atom. The van der Waals surface area contributed by atoms with E-state index in [4.69, 9.17) is 9.47 Å². The third-order valence-electron chi connectivity index (χ3n) is 1.69. The molecule has 0 aliphatic carbocycles. The molecule has 0 bridgehead atoms. The van der Waals surface area contributed by atoms with E-state index < -0.39 is 0 Å². The number of hydrogen-bond donors (Lipinski definition) is 0. The Hall–Kier alpha value is -1.18. The average molecular weight is 150 g/mol. The lowest BCUT2D eigenvalue weighted by Gasteiger charge is -1.99. The minimum atomic E-state index is -0.133. The fraction of sp³-hybridized carbons (Fsp3) is 0.333. The minimum Gasteiger partial charge on any atom is -0.451 e. The lowest BCUT2D eigenvalue weighted by molar-refractivity contribution is 0.0678. The van der Waals surface area contributed by atoms with E-state index in [0.29, 0.717) is 0 Å². The van der Waals surface area contributed by atoms with Crippen molar-refractivity contribution in [1.82, 2.24) is 0 Å². The van der Waals surface area contributed by atoms with Crippen LogP contribution in [-0.2, 0) is 0 Å². The van der Waals surface area contributed by atoms with Crippen molar-refractivity contribution in [1.29, 1.82) is 0 Å². The van der Waals surface area contributed by atoms with Gasteiger partial charge in [0.25, 0.3) is 0 Å². The van der Waals surface area contributed by atoms with Crippen LogP contribution in [0.25, 0.3) is 0 Å². The van der Waals surface area contributed by atoms with Gasteiger partial charge in [0.1, 0.15) is 0 Å². The van der Waals surface area contributed by atoms with Crippen molar-refractivity contribution in [2.75, 3.05) is 0 Å². The lowest BCUT2D eigenvalue weighted by Crippen LogP contribution is -2.11. The SMILES string of the molecule is Cc1ccc2c(c1)O[C@H](C)O2. The van der Waals surface area contributed by atoms with Crippen LogP contribution in [0.1, 0.15) is 12.5 Å². The van der Waals surface area contributed by atoms with Crippen molar-refractivity contribution < 1.29 is 9.47 Å². The van der Waals surface area contributed by atoms with Gasteiger partial charge in [-0.1, -0.05) is 6.07 Å². The van der Waals surface area contributed by atoms with Gasteiger partial charge in [0.05, 0.1) is 0 Å². The monoisotopic (exact) mass is 150 g/mol. The topological polar surface area (TPSA) is 18.5 Å². The maximum Gasteiger partial charge on any atom is 0.238 e. The molecule has 2 nitrogen and oxygen atoms in total. The number of aryl methyl sites for hydroxylation is 1. The Balaban J connectivity index is 2.43. The Labute approximate surface area is 65.7 Å². The van der Waals surface area contributed by atoms with Gasteiger partial charge in [-0.05, 0) is 24.6 Å². The van der Waals surface area contributed by atoms with Gasteiger partial charge in [-0.25, -0.2) is 0 Å². The predicted octanol–water partition coefficient (Wildman–Crippen LogP) is 2.11. The molecule has 0 fully saturated rings. The summed E-state index contributed by atoms with van der Waals surface area (Å²) in [6.45, 7) is 3.92. The fourth-order valence-corrected chi connectivity index (χ4v) is 1.19. The molecule has 0 aromatic heterocycles. The minimum absolute atomic E-state index is 0.133. The quantitative estimate of drug-likeness (QED) is 0.564. The fourth-order valence-electron chi connectivity index (χ4n) is 1.19. The van der Waals surface area contributed by atoms with Crippen LogP contribution in [0.2, 0.25) is 0 Å². The maximum absolute atomic E-state index is 5.37. The molecular weight excluding hydrogens is 140 g/mol. The van der Waals surface area contributed by atoms with E-state index in [-0.39, 0.29) is 6.29 Å². The Bertz CT molecular complexity index is 281. The van der Waals surface area contributed by atoms with Crippen molar-refractivity contribution in [2.45, 2.75) is 20.1 Å². The summed E-state index contributed by atoms with van der Waals surface area (Å²) in [6, 6.07) is 5.94. The average Bonchev–Trinajstić information content (AvgIpc) is 2.27. The van der Waals surface area contributed by atoms with Gasteiger partial charge in [-0.2, -0.15) is 0 Å². The van der Waals surface area contributed by atoms with Crippen LogP contribution in [0.3, 0.4) is 0 Å². The number of fused-ring (bicyclic) bond motifs is 1. The van der Waals surface area contributed by atoms with E-state index in [1.54, 1.807) is 0 Å². The highest BCUT2D eigenvalue weighted by atomic mass is 16.7. The van der Waals surface area contributed by atoms with E-state index in [9.17, 15) is 0 Å². The van der Waals surface area contributed by atoms with Crippen LogP contribution < -0.4 is 9.47 Å². The van der Waals surface area contributed by atoms with Gasteiger partial charge >= 0.3 is 0 Å². The van der Waals surface area contributed by atoms with Gasteiger partial charge in [-0.15, -0.1) is 0 Å². The molecule has 1 aromatic rings. The Morgan fingerprint density at radius 3 is 2.73 bits per heavy atom. The molecule has 1 aromatic carbocycles. The van der Waals surface area contributed by atoms with Gasteiger partial charge in [-0.3, -0.25) is 0 Å². The van der Waals surface area contributed by atoms with E-state index in [0.717, 1.165) is 11.5 Å². The lowest BCUT2D eigenvalue weighted by atomic mass is 10.2. The van der Waals surface area contributed by atoms with Crippen molar-refractivity contribution in [3.05, 3.63) is 23.8 Å². The highest BCUT2D eigenvalue weighted by Crippen LogP contribution is 2.34. The summed E-state index contributed by atoms with van der Waals surface area (Å²) in [7, 11) is 0. The summed E-state index contributed by atoms with van der Waals surface area (Å²) in [6.07, 6.45) is -0.133. The molecule has 11 heavy (non-hydrogen) atoms. The molecule has 1 aliphatic heterocycles. The zero-order valence-electron chi connectivity index (χ0n) is 6.63. The molecule has 1 atom stereocenters. The first kappa shape index (κ1) is 6.53.